The molecule has 1 N–H and O–H groups in total. The second-order valence-electron chi connectivity index (χ2n) is 5.43. The largest absolute Gasteiger partial charge is 0.310 e. The molecule has 0 amide bonds. The average molecular weight is 237 g/mol. The van der Waals surface area contributed by atoms with E-state index >= 15 is 0 Å². The molecule has 0 saturated heterocycles. The van der Waals surface area contributed by atoms with Crippen molar-refractivity contribution in [2.45, 2.75) is 52.6 Å². The Bertz CT molecular complexity index is 329. The van der Waals surface area contributed by atoms with Crippen LogP contribution in [0, 0.1) is 11.8 Å². The fraction of sp³-hybridized carbons (Fsp3) is 0.917. The Labute approximate surface area is 103 Å². The van der Waals surface area contributed by atoms with Gasteiger partial charge in [-0.1, -0.05) is 33.1 Å². The Balaban J connectivity index is 1.74. The van der Waals surface area contributed by atoms with E-state index in [0.717, 1.165) is 31.4 Å². The first-order valence-corrected chi connectivity index (χ1v) is 6.71. The molecule has 2 rings (SSSR count). The molecule has 17 heavy (non-hydrogen) atoms. The van der Waals surface area contributed by atoms with E-state index in [9.17, 15) is 0 Å². The van der Waals surface area contributed by atoms with E-state index in [2.05, 4.69) is 34.7 Å². The number of aryl methyl sites for hydroxylation is 1. The van der Waals surface area contributed by atoms with Gasteiger partial charge in [0.25, 0.3) is 0 Å². The Morgan fingerprint density at radius 2 is 2.24 bits per heavy atom. The molecule has 0 aromatic carbocycles. The summed E-state index contributed by atoms with van der Waals surface area (Å²) in [5.74, 6) is 2.54. The molecule has 5 nitrogen and oxygen atoms in total. The lowest BCUT2D eigenvalue weighted by Crippen LogP contribution is -2.22. The zero-order chi connectivity index (χ0) is 12.1. The molecule has 5 heteroatoms. The van der Waals surface area contributed by atoms with Crippen molar-refractivity contribution in [2.75, 3.05) is 6.54 Å². The smallest absolute Gasteiger partial charge is 0.165 e. The van der Waals surface area contributed by atoms with Crippen molar-refractivity contribution in [2.24, 2.45) is 11.8 Å². The zero-order valence-corrected chi connectivity index (χ0v) is 10.9. The van der Waals surface area contributed by atoms with Crippen LogP contribution in [0.25, 0.3) is 0 Å². The number of hydrogen-bond acceptors (Lipinski definition) is 4. The highest BCUT2D eigenvalue weighted by molar-refractivity contribution is 4.81. The van der Waals surface area contributed by atoms with Gasteiger partial charge in [0.05, 0.1) is 6.54 Å². The van der Waals surface area contributed by atoms with Crippen molar-refractivity contribution in [1.82, 2.24) is 25.5 Å². The van der Waals surface area contributed by atoms with Gasteiger partial charge in [-0.25, -0.2) is 4.68 Å². The number of nitrogens with zero attached hydrogens (tertiary/aromatic N) is 4. The highest BCUT2D eigenvalue weighted by atomic mass is 15.5. The Morgan fingerprint density at radius 1 is 1.41 bits per heavy atom. The van der Waals surface area contributed by atoms with E-state index in [1.807, 2.05) is 4.68 Å². The molecule has 1 heterocycles. The molecule has 0 unspecified atom stereocenters. The minimum absolute atomic E-state index is 0.661. The summed E-state index contributed by atoms with van der Waals surface area (Å²) in [5, 5.41) is 15.3. The number of nitrogens with one attached hydrogen (secondary N) is 1. The molecule has 1 fully saturated rings. The van der Waals surface area contributed by atoms with Gasteiger partial charge in [0.2, 0.25) is 0 Å². The third-order valence-electron chi connectivity index (χ3n) is 3.42. The van der Waals surface area contributed by atoms with Crippen LogP contribution in [0.5, 0.6) is 0 Å². The van der Waals surface area contributed by atoms with Crippen LogP contribution in [0.2, 0.25) is 0 Å². The van der Waals surface area contributed by atoms with E-state index in [-0.39, 0.29) is 0 Å². The Kier molecular flexibility index (Phi) is 4.48. The fourth-order valence-electron chi connectivity index (χ4n) is 2.08. The number of rotatable bonds is 7. The molecule has 0 radical (unpaired) electrons. The summed E-state index contributed by atoms with van der Waals surface area (Å²) in [5.41, 5.74) is 0. The molecular weight excluding hydrogens is 214 g/mol. The first-order chi connectivity index (χ1) is 8.25. The SMILES string of the molecule is CC(C)CNCc1nnnn1CCC1CCC1. The van der Waals surface area contributed by atoms with Crippen molar-refractivity contribution in [3.05, 3.63) is 5.82 Å². The maximum atomic E-state index is 4.07. The Hall–Kier alpha value is -0.970. The van der Waals surface area contributed by atoms with E-state index in [1.54, 1.807) is 0 Å². The van der Waals surface area contributed by atoms with E-state index < -0.39 is 0 Å². The molecule has 0 spiro atoms. The lowest BCUT2D eigenvalue weighted by atomic mass is 9.83. The third kappa shape index (κ3) is 3.77. The van der Waals surface area contributed by atoms with Crippen molar-refractivity contribution in [3.63, 3.8) is 0 Å². The second kappa shape index (κ2) is 6.10. The first kappa shape index (κ1) is 12.5. The summed E-state index contributed by atoms with van der Waals surface area (Å²) < 4.78 is 1.95. The molecule has 1 aromatic rings. The van der Waals surface area contributed by atoms with Gasteiger partial charge in [-0.05, 0) is 35.2 Å². The summed E-state index contributed by atoms with van der Waals surface area (Å²) >= 11 is 0. The summed E-state index contributed by atoms with van der Waals surface area (Å²) in [6.07, 6.45) is 5.41. The average Bonchev–Trinajstić information content (AvgIpc) is 2.63. The fourth-order valence-corrected chi connectivity index (χ4v) is 2.08. The normalized spacial score (nSPS) is 16.4. The standard InChI is InChI=1S/C12H23N5/c1-10(2)8-13-9-12-14-15-16-17(12)7-6-11-4-3-5-11/h10-11,13H,3-9H2,1-2H3. The quantitative estimate of drug-likeness (QED) is 0.782. The first-order valence-electron chi connectivity index (χ1n) is 6.71. The predicted octanol–water partition coefficient (Wildman–Crippen LogP) is 1.61. The number of aromatic nitrogens is 4. The second-order valence-corrected chi connectivity index (χ2v) is 5.43. The van der Waals surface area contributed by atoms with Crippen molar-refractivity contribution < 1.29 is 0 Å². The zero-order valence-electron chi connectivity index (χ0n) is 10.9. The van der Waals surface area contributed by atoms with Gasteiger partial charge >= 0.3 is 0 Å². The van der Waals surface area contributed by atoms with Crippen LogP contribution in [0.4, 0.5) is 0 Å². The lowest BCUT2D eigenvalue weighted by molar-refractivity contribution is 0.275. The van der Waals surface area contributed by atoms with Gasteiger partial charge in [0, 0.05) is 6.54 Å². The molecule has 1 aromatic heterocycles. The molecular formula is C12H23N5. The van der Waals surface area contributed by atoms with Gasteiger partial charge in [-0.3, -0.25) is 0 Å². The number of hydrogen-bond donors (Lipinski definition) is 1. The van der Waals surface area contributed by atoms with E-state index in [0.29, 0.717) is 5.92 Å². The van der Waals surface area contributed by atoms with Crippen LogP contribution in [-0.2, 0) is 13.1 Å². The highest BCUT2D eigenvalue weighted by Crippen LogP contribution is 2.29. The summed E-state index contributed by atoms with van der Waals surface area (Å²) in [7, 11) is 0. The monoisotopic (exact) mass is 237 g/mol. The van der Waals surface area contributed by atoms with Gasteiger partial charge in [0.1, 0.15) is 0 Å². The third-order valence-corrected chi connectivity index (χ3v) is 3.42. The van der Waals surface area contributed by atoms with Crippen LogP contribution >= 0.6 is 0 Å². The molecule has 0 aliphatic heterocycles. The molecule has 1 aliphatic carbocycles. The van der Waals surface area contributed by atoms with Crippen LogP contribution in [-0.4, -0.2) is 26.8 Å². The van der Waals surface area contributed by atoms with Crippen LogP contribution in [0.1, 0.15) is 45.4 Å². The molecule has 1 aliphatic rings. The Morgan fingerprint density at radius 3 is 2.88 bits per heavy atom. The maximum absolute atomic E-state index is 4.07. The van der Waals surface area contributed by atoms with Crippen molar-refractivity contribution >= 4 is 0 Å². The minimum Gasteiger partial charge on any atom is -0.310 e. The lowest BCUT2D eigenvalue weighted by Gasteiger charge is -2.24. The minimum atomic E-state index is 0.661. The maximum Gasteiger partial charge on any atom is 0.165 e. The summed E-state index contributed by atoms with van der Waals surface area (Å²) in [4.78, 5) is 0. The van der Waals surface area contributed by atoms with E-state index in [1.165, 1.54) is 25.7 Å². The van der Waals surface area contributed by atoms with Crippen molar-refractivity contribution in [1.29, 1.82) is 0 Å². The summed E-state index contributed by atoms with van der Waals surface area (Å²) in [6, 6.07) is 0. The molecule has 0 atom stereocenters. The summed E-state index contributed by atoms with van der Waals surface area (Å²) in [6.45, 7) is 7.15. The van der Waals surface area contributed by atoms with Gasteiger partial charge in [-0.15, -0.1) is 5.10 Å². The molecule has 1 saturated carbocycles. The van der Waals surface area contributed by atoms with Gasteiger partial charge in [-0.2, -0.15) is 0 Å². The van der Waals surface area contributed by atoms with Crippen LogP contribution in [0.3, 0.4) is 0 Å². The predicted molar refractivity (Wildman–Crippen MR) is 66.3 cm³/mol. The topological polar surface area (TPSA) is 55.6 Å². The number of tetrazole rings is 1. The van der Waals surface area contributed by atoms with E-state index in [4.69, 9.17) is 0 Å². The van der Waals surface area contributed by atoms with Crippen LogP contribution in [0.15, 0.2) is 0 Å². The van der Waals surface area contributed by atoms with Crippen LogP contribution < -0.4 is 5.32 Å². The highest BCUT2D eigenvalue weighted by Gasteiger charge is 2.17. The molecule has 0 bridgehead atoms. The van der Waals surface area contributed by atoms with Gasteiger partial charge < -0.3 is 5.32 Å². The molecule has 96 valence electrons. The van der Waals surface area contributed by atoms with Gasteiger partial charge in [0.15, 0.2) is 5.82 Å². The van der Waals surface area contributed by atoms with Crippen molar-refractivity contribution in [3.8, 4) is 0 Å².